The van der Waals surface area contributed by atoms with Gasteiger partial charge in [0, 0.05) is 24.9 Å². The van der Waals surface area contributed by atoms with Gasteiger partial charge in [-0.1, -0.05) is 25.5 Å². The van der Waals surface area contributed by atoms with Crippen LogP contribution >= 0.6 is 0 Å². The van der Waals surface area contributed by atoms with Crippen molar-refractivity contribution in [1.82, 2.24) is 9.96 Å². The van der Waals surface area contributed by atoms with Crippen molar-refractivity contribution in [3.8, 4) is 0 Å². The number of hydrogen-bond donors (Lipinski definition) is 1. The van der Waals surface area contributed by atoms with Crippen molar-refractivity contribution in [2.45, 2.75) is 70.5 Å². The number of imide groups is 1. The molecule has 0 aliphatic carbocycles. The molecule has 11 heteroatoms. The molecule has 4 rings (SSSR count). The lowest BCUT2D eigenvalue weighted by Crippen LogP contribution is -2.44. The minimum absolute atomic E-state index is 0.0807. The zero-order valence-electron chi connectivity index (χ0n) is 20.6. The standard InChI is InChI=1S/C25H34N2O9/c1-25(15-34-20(31)9-8-19(29)30)10-12-26(13-11-25)18(28)5-3-2-4-14-35-27-23(32)21-16-6-7-17(36-16)22(21)24(27)33/h6-7,16-17,21-22H,2-5,8-15H2,1H3,(H,29,30). The number of carbonyl (C=O) groups is 5. The SMILES string of the molecule is CC1(COC(=O)CCC(=O)O)CCN(C(=O)CCCCCON2C(=O)C3C4C=CC(O4)C3C2=O)CC1. The third kappa shape index (κ3) is 5.78. The first-order chi connectivity index (χ1) is 17.2. The summed E-state index contributed by atoms with van der Waals surface area (Å²) in [5.74, 6) is -3.07. The molecule has 4 atom stereocenters. The van der Waals surface area contributed by atoms with Gasteiger partial charge in [0.25, 0.3) is 11.8 Å². The fraction of sp³-hybridized carbons (Fsp3) is 0.720. The highest BCUT2D eigenvalue weighted by Crippen LogP contribution is 2.45. The predicted octanol–water partition coefficient (Wildman–Crippen LogP) is 1.45. The molecule has 0 aromatic heterocycles. The second kappa shape index (κ2) is 11.1. The molecule has 3 saturated heterocycles. The van der Waals surface area contributed by atoms with Crippen molar-refractivity contribution in [2.24, 2.45) is 17.3 Å². The van der Waals surface area contributed by atoms with Crippen LogP contribution in [0.4, 0.5) is 0 Å². The fourth-order valence-electron chi connectivity index (χ4n) is 5.25. The molecule has 4 aliphatic heterocycles. The summed E-state index contributed by atoms with van der Waals surface area (Å²) in [4.78, 5) is 67.1. The molecule has 4 unspecified atom stereocenters. The number of likely N-dealkylation sites (tertiary alicyclic amines) is 1. The first kappa shape index (κ1) is 26.3. The van der Waals surface area contributed by atoms with Crippen LogP contribution in [0.15, 0.2) is 12.2 Å². The predicted molar refractivity (Wildman–Crippen MR) is 123 cm³/mol. The van der Waals surface area contributed by atoms with Crippen molar-refractivity contribution in [3.05, 3.63) is 12.2 Å². The Hall–Kier alpha value is -2.79. The van der Waals surface area contributed by atoms with E-state index >= 15 is 0 Å². The average molecular weight is 507 g/mol. The molecule has 1 N–H and O–H groups in total. The number of fused-ring (bicyclic) bond motifs is 5. The monoisotopic (exact) mass is 506 g/mol. The number of piperidine rings is 1. The highest BCUT2D eigenvalue weighted by Gasteiger charge is 2.61. The molecule has 3 amide bonds. The molecule has 0 aromatic rings. The van der Waals surface area contributed by atoms with Gasteiger partial charge in [0.2, 0.25) is 5.91 Å². The molecule has 0 aromatic carbocycles. The smallest absolute Gasteiger partial charge is 0.306 e. The second-order valence-corrected chi connectivity index (χ2v) is 10.4. The van der Waals surface area contributed by atoms with Crippen LogP contribution in [0, 0.1) is 17.3 Å². The van der Waals surface area contributed by atoms with Crippen molar-refractivity contribution >= 4 is 29.7 Å². The second-order valence-electron chi connectivity index (χ2n) is 10.4. The topological polar surface area (TPSA) is 140 Å². The number of nitrogens with zero attached hydrogens (tertiary/aromatic N) is 2. The summed E-state index contributed by atoms with van der Waals surface area (Å²) < 4.78 is 10.8. The van der Waals surface area contributed by atoms with Gasteiger partial charge in [0.1, 0.15) is 0 Å². The lowest BCUT2D eigenvalue weighted by Gasteiger charge is -2.39. The third-order valence-corrected chi connectivity index (χ3v) is 7.57. The Kier molecular flexibility index (Phi) is 8.09. The molecule has 4 aliphatic rings. The van der Waals surface area contributed by atoms with Gasteiger partial charge in [0.05, 0.1) is 50.1 Å². The van der Waals surface area contributed by atoms with Crippen LogP contribution in [0.2, 0.25) is 0 Å². The molecule has 36 heavy (non-hydrogen) atoms. The number of unbranched alkanes of at least 4 members (excludes halogenated alkanes) is 2. The maximum atomic E-state index is 12.6. The molecule has 0 radical (unpaired) electrons. The number of hydrogen-bond acceptors (Lipinski definition) is 8. The van der Waals surface area contributed by atoms with Gasteiger partial charge in [-0.05, 0) is 25.7 Å². The summed E-state index contributed by atoms with van der Waals surface area (Å²) >= 11 is 0. The van der Waals surface area contributed by atoms with E-state index in [1.54, 1.807) is 0 Å². The summed E-state index contributed by atoms with van der Waals surface area (Å²) in [6.07, 6.45) is 6.51. The Morgan fingerprint density at radius 1 is 1.00 bits per heavy atom. The van der Waals surface area contributed by atoms with Gasteiger partial charge in [-0.25, -0.2) is 0 Å². The van der Waals surface area contributed by atoms with Crippen LogP contribution in [0.5, 0.6) is 0 Å². The zero-order valence-corrected chi connectivity index (χ0v) is 20.6. The molecule has 3 fully saturated rings. The molecule has 2 bridgehead atoms. The van der Waals surface area contributed by atoms with E-state index < -0.39 is 23.8 Å². The van der Waals surface area contributed by atoms with Gasteiger partial charge in [-0.15, -0.1) is 0 Å². The number of rotatable bonds is 12. The van der Waals surface area contributed by atoms with E-state index in [9.17, 15) is 24.0 Å². The van der Waals surface area contributed by atoms with Crippen molar-refractivity contribution in [2.75, 3.05) is 26.3 Å². The molecule has 0 saturated carbocycles. The van der Waals surface area contributed by atoms with E-state index in [1.807, 2.05) is 24.0 Å². The molecule has 4 heterocycles. The lowest BCUT2D eigenvalue weighted by molar-refractivity contribution is -0.192. The Balaban J connectivity index is 1.07. The summed E-state index contributed by atoms with van der Waals surface area (Å²) in [6.45, 7) is 3.65. The van der Waals surface area contributed by atoms with Crippen molar-refractivity contribution in [1.29, 1.82) is 0 Å². The van der Waals surface area contributed by atoms with Crippen LogP contribution in [-0.2, 0) is 38.3 Å². The van der Waals surface area contributed by atoms with Gasteiger partial charge < -0.3 is 19.5 Å². The molecule has 0 spiro atoms. The Morgan fingerprint density at radius 2 is 1.64 bits per heavy atom. The first-order valence-electron chi connectivity index (χ1n) is 12.7. The number of hydroxylamine groups is 2. The largest absolute Gasteiger partial charge is 0.481 e. The highest BCUT2D eigenvalue weighted by atomic mass is 16.7. The molecular formula is C25H34N2O9. The highest BCUT2D eigenvalue weighted by molar-refractivity contribution is 6.05. The maximum absolute atomic E-state index is 12.6. The lowest BCUT2D eigenvalue weighted by atomic mass is 9.81. The van der Waals surface area contributed by atoms with E-state index in [4.69, 9.17) is 19.4 Å². The summed E-state index contributed by atoms with van der Waals surface area (Å²) in [7, 11) is 0. The number of ether oxygens (including phenoxy) is 2. The quantitative estimate of drug-likeness (QED) is 0.180. The first-order valence-corrected chi connectivity index (χ1v) is 12.7. The number of amides is 3. The summed E-state index contributed by atoms with van der Waals surface area (Å²) in [5.41, 5.74) is -0.225. The number of carboxylic acid groups (broad SMARTS) is 1. The minimum Gasteiger partial charge on any atom is -0.481 e. The zero-order chi connectivity index (χ0) is 25.9. The van der Waals surface area contributed by atoms with E-state index in [0.717, 1.165) is 11.5 Å². The number of carbonyl (C=O) groups excluding carboxylic acids is 4. The fourth-order valence-corrected chi connectivity index (χ4v) is 5.25. The third-order valence-electron chi connectivity index (χ3n) is 7.57. The van der Waals surface area contributed by atoms with Gasteiger partial charge in [0.15, 0.2) is 0 Å². The van der Waals surface area contributed by atoms with E-state index in [2.05, 4.69) is 0 Å². The van der Waals surface area contributed by atoms with Crippen LogP contribution in [0.25, 0.3) is 0 Å². The average Bonchev–Trinajstić information content (AvgIpc) is 3.53. The van der Waals surface area contributed by atoms with Crippen molar-refractivity contribution < 1.29 is 43.4 Å². The van der Waals surface area contributed by atoms with Crippen LogP contribution < -0.4 is 0 Å². The van der Waals surface area contributed by atoms with E-state index in [-0.39, 0.29) is 61.4 Å². The van der Waals surface area contributed by atoms with Gasteiger partial charge in [-0.3, -0.25) is 28.8 Å². The van der Waals surface area contributed by atoms with Crippen LogP contribution in [-0.4, -0.2) is 83.2 Å². The maximum Gasteiger partial charge on any atom is 0.306 e. The Morgan fingerprint density at radius 3 is 2.25 bits per heavy atom. The summed E-state index contributed by atoms with van der Waals surface area (Å²) in [5, 5.41) is 9.55. The Bertz CT molecular complexity index is 894. The molecular weight excluding hydrogens is 472 g/mol. The number of carboxylic acids is 1. The summed E-state index contributed by atoms with van der Waals surface area (Å²) in [6, 6.07) is 0. The van der Waals surface area contributed by atoms with Gasteiger partial charge in [-0.2, -0.15) is 5.06 Å². The molecule has 11 nitrogen and oxygen atoms in total. The molecule has 198 valence electrons. The van der Waals surface area contributed by atoms with E-state index in [1.165, 1.54) is 0 Å². The van der Waals surface area contributed by atoms with Crippen LogP contribution in [0.1, 0.15) is 58.3 Å². The minimum atomic E-state index is -1.03. The van der Waals surface area contributed by atoms with Crippen LogP contribution in [0.3, 0.4) is 0 Å². The normalized spacial score (nSPS) is 28.0. The Labute approximate surface area is 209 Å². The number of aliphatic carboxylic acids is 1. The number of esters is 1. The van der Waals surface area contributed by atoms with Crippen molar-refractivity contribution in [3.63, 3.8) is 0 Å². The van der Waals surface area contributed by atoms with Gasteiger partial charge >= 0.3 is 11.9 Å². The van der Waals surface area contributed by atoms with E-state index in [0.29, 0.717) is 45.2 Å².